The largest absolute Gasteiger partial charge is 0.349 e. The van der Waals surface area contributed by atoms with Gasteiger partial charge in [0.2, 0.25) is 5.91 Å². The van der Waals surface area contributed by atoms with E-state index in [9.17, 15) is 4.79 Å². The fraction of sp³-hybridized carbons (Fsp3) is 0.385. The zero-order valence-electron chi connectivity index (χ0n) is 10.6. The van der Waals surface area contributed by atoms with Crippen LogP contribution in [0.1, 0.15) is 18.9 Å². The standard InChI is InChI=1S/C13H17N3OS/c1-13(2,8-14)12(17)15-7-11-16-9-5-3-4-6-10(9)18-11/h3-6H,7-8,14H2,1-2H3,(H,15,17). The molecular formula is C13H17N3OS. The molecule has 0 atom stereocenters. The number of carbonyl (C=O) groups is 1. The monoisotopic (exact) mass is 263 g/mol. The minimum absolute atomic E-state index is 0.0377. The Morgan fingerprint density at radius 1 is 1.44 bits per heavy atom. The molecule has 18 heavy (non-hydrogen) atoms. The first-order valence-electron chi connectivity index (χ1n) is 5.86. The van der Waals surface area contributed by atoms with Gasteiger partial charge < -0.3 is 11.1 Å². The second kappa shape index (κ2) is 5.04. The topological polar surface area (TPSA) is 68.0 Å². The summed E-state index contributed by atoms with van der Waals surface area (Å²) in [5.41, 5.74) is 6.01. The molecule has 2 rings (SSSR count). The molecule has 0 saturated heterocycles. The van der Waals surface area contributed by atoms with E-state index in [1.807, 2.05) is 38.1 Å². The molecule has 0 spiro atoms. The molecule has 0 bridgehead atoms. The molecule has 1 aromatic heterocycles. The van der Waals surface area contributed by atoms with Gasteiger partial charge in [-0.05, 0) is 26.0 Å². The molecule has 5 heteroatoms. The number of nitrogens with two attached hydrogens (primary N) is 1. The molecule has 1 amide bonds. The third kappa shape index (κ3) is 2.68. The predicted molar refractivity (Wildman–Crippen MR) is 74.3 cm³/mol. The van der Waals surface area contributed by atoms with E-state index in [2.05, 4.69) is 10.3 Å². The van der Waals surface area contributed by atoms with Gasteiger partial charge >= 0.3 is 0 Å². The molecule has 0 saturated carbocycles. The van der Waals surface area contributed by atoms with Crippen LogP contribution >= 0.6 is 11.3 Å². The van der Waals surface area contributed by atoms with Crippen molar-refractivity contribution in [1.82, 2.24) is 10.3 Å². The van der Waals surface area contributed by atoms with Crippen molar-refractivity contribution in [2.45, 2.75) is 20.4 Å². The van der Waals surface area contributed by atoms with Crippen LogP contribution in [0.15, 0.2) is 24.3 Å². The van der Waals surface area contributed by atoms with Gasteiger partial charge in [0.25, 0.3) is 0 Å². The van der Waals surface area contributed by atoms with E-state index in [4.69, 9.17) is 5.73 Å². The smallest absolute Gasteiger partial charge is 0.227 e. The van der Waals surface area contributed by atoms with E-state index in [1.54, 1.807) is 11.3 Å². The summed E-state index contributed by atoms with van der Waals surface area (Å²) >= 11 is 1.60. The Kier molecular flexibility index (Phi) is 3.63. The van der Waals surface area contributed by atoms with Crippen LogP contribution in [0.5, 0.6) is 0 Å². The lowest BCUT2D eigenvalue weighted by Crippen LogP contribution is -2.41. The van der Waals surface area contributed by atoms with E-state index < -0.39 is 5.41 Å². The number of rotatable bonds is 4. The highest BCUT2D eigenvalue weighted by molar-refractivity contribution is 7.18. The van der Waals surface area contributed by atoms with Gasteiger partial charge in [-0.3, -0.25) is 4.79 Å². The third-order valence-electron chi connectivity index (χ3n) is 2.86. The summed E-state index contributed by atoms with van der Waals surface area (Å²) in [5.74, 6) is -0.0377. The molecule has 96 valence electrons. The van der Waals surface area contributed by atoms with Gasteiger partial charge in [0.05, 0.1) is 22.2 Å². The first-order valence-corrected chi connectivity index (χ1v) is 6.67. The van der Waals surface area contributed by atoms with Crippen molar-refractivity contribution in [3.8, 4) is 0 Å². The summed E-state index contributed by atoms with van der Waals surface area (Å²) in [5, 5.41) is 3.79. The number of benzene rings is 1. The number of hydrogen-bond donors (Lipinski definition) is 2. The Labute approximate surface area is 110 Å². The van der Waals surface area contributed by atoms with Gasteiger partial charge in [-0.2, -0.15) is 0 Å². The highest BCUT2D eigenvalue weighted by Crippen LogP contribution is 2.21. The zero-order chi connectivity index (χ0) is 13.2. The second-order valence-electron chi connectivity index (χ2n) is 4.85. The molecule has 3 N–H and O–H groups in total. The fourth-order valence-corrected chi connectivity index (χ4v) is 2.39. The SMILES string of the molecule is CC(C)(CN)C(=O)NCc1nc2ccccc2s1. The summed E-state index contributed by atoms with van der Waals surface area (Å²) in [4.78, 5) is 16.3. The molecule has 1 aromatic carbocycles. The summed E-state index contributed by atoms with van der Waals surface area (Å²) in [6, 6.07) is 7.95. The quantitative estimate of drug-likeness (QED) is 0.885. The Bertz CT molecular complexity index is 529. The first kappa shape index (κ1) is 13.0. The minimum Gasteiger partial charge on any atom is -0.349 e. The first-order chi connectivity index (χ1) is 8.53. The van der Waals surface area contributed by atoms with Gasteiger partial charge in [0.15, 0.2) is 0 Å². The van der Waals surface area contributed by atoms with Crippen LogP contribution in [0.4, 0.5) is 0 Å². The number of hydrogen-bond acceptors (Lipinski definition) is 4. The van der Waals surface area contributed by atoms with Gasteiger partial charge in [-0.15, -0.1) is 11.3 Å². The molecule has 0 aliphatic carbocycles. The minimum atomic E-state index is -0.531. The summed E-state index contributed by atoms with van der Waals surface area (Å²) < 4.78 is 1.14. The maximum Gasteiger partial charge on any atom is 0.227 e. The number of aromatic nitrogens is 1. The van der Waals surface area contributed by atoms with Crippen molar-refractivity contribution in [3.63, 3.8) is 0 Å². The van der Waals surface area contributed by atoms with Crippen LogP contribution in [0.2, 0.25) is 0 Å². The highest BCUT2D eigenvalue weighted by atomic mass is 32.1. The van der Waals surface area contributed by atoms with Crippen LogP contribution in [0, 0.1) is 5.41 Å². The van der Waals surface area contributed by atoms with E-state index in [0.717, 1.165) is 15.2 Å². The van der Waals surface area contributed by atoms with Gasteiger partial charge in [0, 0.05) is 6.54 Å². The van der Waals surface area contributed by atoms with E-state index in [-0.39, 0.29) is 5.91 Å². The summed E-state index contributed by atoms with van der Waals surface area (Å²) in [7, 11) is 0. The average Bonchev–Trinajstić information content (AvgIpc) is 2.78. The fourth-order valence-electron chi connectivity index (χ4n) is 1.48. The van der Waals surface area contributed by atoms with Crippen molar-refractivity contribution < 1.29 is 4.79 Å². The number of fused-ring (bicyclic) bond motifs is 1. The number of para-hydroxylation sites is 1. The van der Waals surface area contributed by atoms with Crippen LogP contribution in [-0.2, 0) is 11.3 Å². The average molecular weight is 263 g/mol. The molecule has 0 aliphatic heterocycles. The van der Waals surface area contributed by atoms with Crippen LogP contribution < -0.4 is 11.1 Å². The van der Waals surface area contributed by atoms with Crippen LogP contribution in [0.25, 0.3) is 10.2 Å². The predicted octanol–water partition coefficient (Wildman–Crippen LogP) is 1.90. The molecule has 2 aromatic rings. The van der Waals surface area contributed by atoms with Crippen molar-refractivity contribution in [3.05, 3.63) is 29.3 Å². The van der Waals surface area contributed by atoms with Crippen LogP contribution in [-0.4, -0.2) is 17.4 Å². The third-order valence-corrected chi connectivity index (χ3v) is 3.90. The van der Waals surface area contributed by atoms with Gasteiger partial charge in [-0.25, -0.2) is 4.98 Å². The zero-order valence-corrected chi connectivity index (χ0v) is 11.4. The number of thiazole rings is 1. The lowest BCUT2D eigenvalue weighted by Gasteiger charge is -2.20. The Balaban J connectivity index is 2.04. The second-order valence-corrected chi connectivity index (χ2v) is 5.96. The van der Waals surface area contributed by atoms with Crippen molar-refractivity contribution in [1.29, 1.82) is 0 Å². The maximum atomic E-state index is 11.9. The number of nitrogens with zero attached hydrogens (tertiary/aromatic N) is 1. The molecule has 0 aliphatic rings. The number of carbonyl (C=O) groups excluding carboxylic acids is 1. The summed E-state index contributed by atoms with van der Waals surface area (Å²) in [6.45, 7) is 4.46. The van der Waals surface area contributed by atoms with E-state index in [0.29, 0.717) is 13.1 Å². The number of amides is 1. The van der Waals surface area contributed by atoms with Crippen LogP contribution in [0.3, 0.4) is 0 Å². The number of nitrogens with one attached hydrogen (secondary N) is 1. The normalized spacial score (nSPS) is 11.7. The Hall–Kier alpha value is -1.46. The van der Waals surface area contributed by atoms with Gasteiger partial charge in [0.1, 0.15) is 5.01 Å². The molecule has 4 nitrogen and oxygen atoms in total. The summed E-state index contributed by atoms with van der Waals surface area (Å²) in [6.07, 6.45) is 0. The molecular weight excluding hydrogens is 246 g/mol. The van der Waals surface area contributed by atoms with E-state index in [1.165, 1.54) is 0 Å². The lowest BCUT2D eigenvalue weighted by molar-refractivity contribution is -0.129. The van der Waals surface area contributed by atoms with Crippen molar-refractivity contribution in [2.24, 2.45) is 11.1 Å². The molecule has 0 unspecified atom stereocenters. The molecule has 0 fully saturated rings. The van der Waals surface area contributed by atoms with E-state index >= 15 is 0 Å². The Morgan fingerprint density at radius 2 is 2.17 bits per heavy atom. The Morgan fingerprint density at radius 3 is 2.83 bits per heavy atom. The van der Waals surface area contributed by atoms with Crippen molar-refractivity contribution >= 4 is 27.5 Å². The van der Waals surface area contributed by atoms with Crippen molar-refractivity contribution in [2.75, 3.05) is 6.54 Å². The van der Waals surface area contributed by atoms with Gasteiger partial charge in [-0.1, -0.05) is 12.1 Å². The maximum absolute atomic E-state index is 11.9. The molecule has 1 heterocycles. The highest BCUT2D eigenvalue weighted by Gasteiger charge is 2.25. The molecule has 0 radical (unpaired) electrons. The lowest BCUT2D eigenvalue weighted by atomic mass is 9.93.